The van der Waals surface area contributed by atoms with Crippen LogP contribution in [0.3, 0.4) is 0 Å². The molecule has 4 N–H and O–H groups in total. The van der Waals surface area contributed by atoms with E-state index in [2.05, 4.69) is 20.6 Å². The lowest BCUT2D eigenvalue weighted by Crippen LogP contribution is -2.29. The smallest absolute Gasteiger partial charge is 0.495 e. The summed E-state index contributed by atoms with van der Waals surface area (Å²) in [5.74, 6) is -0.487. The van der Waals surface area contributed by atoms with Crippen molar-refractivity contribution in [3.05, 3.63) is 64.3 Å². The quantitative estimate of drug-likeness (QED) is 0.169. The molecule has 1 aliphatic heterocycles. The first-order valence-corrected chi connectivity index (χ1v) is 16.4. The molecule has 0 spiro atoms. The minimum Gasteiger partial charge on any atom is -0.495 e. The van der Waals surface area contributed by atoms with Gasteiger partial charge in [-0.1, -0.05) is 19.1 Å². The molecule has 3 aromatic rings. The molecule has 5 rings (SSSR count). The standard InChI is InChI=1S/C32H37F3N5O5P/c1-5-20(46(43)44)14-18-6-8-24(26(15-18)45-4)38-30-36-16-23(32(33,34)35)28(39-30)37-25-9-7-21(19-10-12-31(2,42)13-11-19)22-17-40(3)29(41)27(22)25/h6-9,15-16,19-20,42H,5,10-14,17H2,1-4H3,(H2-,36,37,38,39,41,43,44)/p+1. The van der Waals surface area contributed by atoms with Crippen molar-refractivity contribution in [2.45, 2.75) is 82.3 Å². The Hall–Kier alpha value is -3.80. The second-order valence-electron chi connectivity index (χ2n) is 12.3. The van der Waals surface area contributed by atoms with Gasteiger partial charge in [-0.3, -0.25) is 4.79 Å². The lowest BCUT2D eigenvalue weighted by atomic mass is 9.75. The Bertz CT molecular complexity index is 1640. The lowest BCUT2D eigenvalue weighted by molar-refractivity contribution is -0.137. The zero-order valence-corrected chi connectivity index (χ0v) is 27.0. The van der Waals surface area contributed by atoms with E-state index in [1.165, 1.54) is 12.0 Å². The van der Waals surface area contributed by atoms with E-state index in [1.54, 1.807) is 31.3 Å². The number of amides is 1. The van der Waals surface area contributed by atoms with E-state index in [1.807, 2.05) is 19.9 Å². The molecule has 246 valence electrons. The number of hydrogen-bond donors (Lipinski definition) is 4. The highest BCUT2D eigenvalue weighted by molar-refractivity contribution is 7.38. The summed E-state index contributed by atoms with van der Waals surface area (Å²) >= 11 is 0. The van der Waals surface area contributed by atoms with Crippen molar-refractivity contribution >= 4 is 37.1 Å². The number of ether oxygens (including phenoxy) is 1. The molecular formula is C32H38F3N5O5P+. The minimum absolute atomic E-state index is 0.128. The van der Waals surface area contributed by atoms with E-state index in [-0.39, 0.29) is 23.5 Å². The Kier molecular flexibility index (Phi) is 9.58. The van der Waals surface area contributed by atoms with Gasteiger partial charge < -0.3 is 25.4 Å². The molecule has 2 atom stereocenters. The van der Waals surface area contributed by atoms with Gasteiger partial charge in [-0.2, -0.15) is 23.0 Å². The number of halogens is 3. The highest BCUT2D eigenvalue weighted by Gasteiger charge is 2.38. The Labute approximate surface area is 266 Å². The van der Waals surface area contributed by atoms with Gasteiger partial charge in [-0.15, -0.1) is 0 Å². The van der Waals surface area contributed by atoms with Gasteiger partial charge in [0.2, 0.25) is 5.95 Å². The lowest BCUT2D eigenvalue weighted by Gasteiger charge is -2.34. The summed E-state index contributed by atoms with van der Waals surface area (Å²) in [6.07, 6.45) is -0.506. The number of benzene rings is 2. The molecule has 1 aliphatic carbocycles. The van der Waals surface area contributed by atoms with Crippen molar-refractivity contribution in [1.29, 1.82) is 0 Å². The van der Waals surface area contributed by atoms with E-state index in [0.29, 0.717) is 55.4 Å². The van der Waals surface area contributed by atoms with Gasteiger partial charge in [-0.25, -0.2) is 4.98 Å². The fourth-order valence-electron chi connectivity index (χ4n) is 6.23. The van der Waals surface area contributed by atoms with Crippen LogP contribution in [-0.2, 0) is 23.7 Å². The number of aromatic nitrogens is 2. The first-order valence-electron chi connectivity index (χ1n) is 15.1. The van der Waals surface area contributed by atoms with Gasteiger partial charge in [0.05, 0.1) is 29.6 Å². The third-order valence-electron chi connectivity index (χ3n) is 8.92. The SMILES string of the molecule is CCC(Cc1ccc(Nc2ncc(C(F)(F)F)c(Nc3ccc(C4CCC(C)(O)CC4)c4c3C(=O)N(C)C4)n2)c(OC)c1)[P+](=O)O. The molecule has 1 amide bonds. The number of nitrogens with one attached hydrogen (secondary N) is 2. The van der Waals surface area contributed by atoms with Gasteiger partial charge in [0.15, 0.2) is 5.66 Å². The summed E-state index contributed by atoms with van der Waals surface area (Å²) in [6, 6.07) is 8.54. The number of methoxy groups -OCH3 is 1. The number of anilines is 4. The normalized spacial score (nSPS) is 20.7. The molecule has 14 heteroatoms. The monoisotopic (exact) mass is 660 g/mol. The highest BCUT2D eigenvalue weighted by Crippen LogP contribution is 2.44. The van der Waals surface area contributed by atoms with Crippen LogP contribution in [0.4, 0.5) is 36.3 Å². The van der Waals surface area contributed by atoms with Crippen LogP contribution >= 0.6 is 8.03 Å². The third kappa shape index (κ3) is 7.11. The molecule has 46 heavy (non-hydrogen) atoms. The number of hydrogen-bond acceptors (Lipinski definition) is 8. The first-order chi connectivity index (χ1) is 21.7. The van der Waals surface area contributed by atoms with E-state index < -0.39 is 36.8 Å². The molecule has 2 unspecified atom stereocenters. The van der Waals surface area contributed by atoms with Crippen LogP contribution < -0.4 is 15.4 Å². The van der Waals surface area contributed by atoms with Crippen LogP contribution in [0.15, 0.2) is 36.5 Å². The van der Waals surface area contributed by atoms with Crippen LogP contribution in [0.2, 0.25) is 0 Å². The second-order valence-corrected chi connectivity index (χ2v) is 13.6. The summed E-state index contributed by atoms with van der Waals surface area (Å²) in [6.45, 7) is 3.98. The fourth-order valence-corrected chi connectivity index (χ4v) is 6.90. The van der Waals surface area contributed by atoms with Crippen molar-refractivity contribution in [2.24, 2.45) is 0 Å². The second kappa shape index (κ2) is 13.1. The third-order valence-corrected chi connectivity index (χ3v) is 10.1. The number of carbonyl (C=O) groups excluding carboxylic acids is 1. The molecule has 0 bridgehead atoms. The number of rotatable bonds is 10. The average molecular weight is 661 g/mol. The van der Waals surface area contributed by atoms with Crippen molar-refractivity contribution in [2.75, 3.05) is 24.8 Å². The largest absolute Gasteiger partial charge is 0.508 e. The topological polar surface area (TPSA) is 137 Å². The highest BCUT2D eigenvalue weighted by atomic mass is 31.1. The van der Waals surface area contributed by atoms with E-state index in [9.17, 15) is 32.5 Å². The molecule has 2 aromatic carbocycles. The maximum Gasteiger partial charge on any atom is 0.508 e. The molecule has 0 radical (unpaired) electrons. The Balaban J connectivity index is 1.47. The van der Waals surface area contributed by atoms with Crippen LogP contribution in [0, 0.1) is 0 Å². The minimum atomic E-state index is -4.79. The first kappa shape index (κ1) is 33.6. The maximum atomic E-state index is 14.2. The Morgan fingerprint density at radius 3 is 2.50 bits per heavy atom. The number of fused-ring (bicyclic) bond motifs is 1. The van der Waals surface area contributed by atoms with Gasteiger partial charge in [-0.05, 0) is 84.4 Å². The van der Waals surface area contributed by atoms with Crippen molar-refractivity contribution < 1.29 is 37.3 Å². The van der Waals surface area contributed by atoms with Gasteiger partial charge in [0.25, 0.3) is 5.91 Å². The zero-order chi connectivity index (χ0) is 33.4. The van der Waals surface area contributed by atoms with Crippen LogP contribution in [0.5, 0.6) is 5.75 Å². The molecule has 1 aromatic heterocycles. The number of alkyl halides is 3. The van der Waals surface area contributed by atoms with Crippen molar-refractivity contribution in [3.63, 3.8) is 0 Å². The summed E-state index contributed by atoms with van der Waals surface area (Å²) in [7, 11) is 0.725. The van der Waals surface area contributed by atoms with Crippen molar-refractivity contribution in [3.8, 4) is 5.75 Å². The molecule has 2 aliphatic rings. The fraction of sp³-hybridized carbons (Fsp3) is 0.469. The predicted molar refractivity (Wildman–Crippen MR) is 168 cm³/mol. The predicted octanol–water partition coefficient (Wildman–Crippen LogP) is 7.04. The van der Waals surface area contributed by atoms with Crippen LogP contribution in [0.25, 0.3) is 0 Å². The molecule has 0 saturated heterocycles. The molecule has 1 saturated carbocycles. The molecular weight excluding hydrogens is 622 g/mol. The van der Waals surface area contributed by atoms with Gasteiger partial charge in [0.1, 0.15) is 17.1 Å². The van der Waals surface area contributed by atoms with Gasteiger partial charge in [0, 0.05) is 26.2 Å². The maximum absolute atomic E-state index is 14.2. The van der Waals surface area contributed by atoms with E-state index >= 15 is 0 Å². The van der Waals surface area contributed by atoms with Gasteiger partial charge >= 0.3 is 14.2 Å². The number of aliphatic hydroxyl groups is 1. The van der Waals surface area contributed by atoms with Crippen LogP contribution in [0.1, 0.15) is 84.5 Å². The number of carbonyl (C=O) groups is 1. The van der Waals surface area contributed by atoms with E-state index in [4.69, 9.17) is 4.74 Å². The Morgan fingerprint density at radius 1 is 1.17 bits per heavy atom. The van der Waals surface area contributed by atoms with Crippen molar-refractivity contribution in [1.82, 2.24) is 14.9 Å². The summed E-state index contributed by atoms with van der Waals surface area (Å²) in [5.41, 5.74) is 1.15. The molecule has 1 fully saturated rings. The molecule has 2 heterocycles. The summed E-state index contributed by atoms with van der Waals surface area (Å²) < 4.78 is 59.6. The Morgan fingerprint density at radius 2 is 1.87 bits per heavy atom. The molecule has 10 nitrogen and oxygen atoms in total. The number of nitrogens with zero attached hydrogens (tertiary/aromatic N) is 3. The zero-order valence-electron chi connectivity index (χ0n) is 26.1. The summed E-state index contributed by atoms with van der Waals surface area (Å²) in [5, 5.41) is 16.1. The van der Waals surface area contributed by atoms with E-state index in [0.717, 1.165) is 29.5 Å². The van der Waals surface area contributed by atoms with Crippen LogP contribution in [-0.4, -0.2) is 56.2 Å². The average Bonchev–Trinajstić information content (AvgIpc) is 3.30. The summed E-state index contributed by atoms with van der Waals surface area (Å²) in [4.78, 5) is 32.5.